The van der Waals surface area contributed by atoms with Crippen LogP contribution in [0.5, 0.6) is 5.88 Å². The smallest absolute Gasteiger partial charge is 0.410 e. The molecule has 15 heteroatoms. The number of azide groups is 1. The highest BCUT2D eigenvalue weighted by atomic mass is 35.5. The first-order chi connectivity index (χ1) is 26.1. The molecule has 2 heterocycles. The van der Waals surface area contributed by atoms with Gasteiger partial charge in [0.2, 0.25) is 15.9 Å². The normalized spacial score (nSPS) is 17.5. The molecule has 55 heavy (non-hydrogen) atoms. The number of piperazine rings is 1. The standard InChI is InChI=1S/C40H44ClFN6O6S/c1-26-24-47(39(50)54-40(2,3)4)25-31(48(26)55(51,52)32-11-7-6-8-12-32)19-20-33-28(10-9-13-34(33)42)22-35(49)38(45-46-43)37(27-14-17-30(41)18-15-27)29-16-21-36(53-5)44-23-29/h6-18,21,23,26,31,37-38H,19-20,22,24-25H2,1-5H3/t26-,31+,37+,38-/m1/s1. The molecule has 1 amide bonds. The molecular weight excluding hydrogens is 747 g/mol. The lowest BCUT2D eigenvalue weighted by Crippen LogP contribution is -2.61. The lowest BCUT2D eigenvalue weighted by molar-refractivity contribution is -0.119. The van der Waals surface area contributed by atoms with Crippen molar-refractivity contribution < 1.29 is 31.9 Å². The molecule has 0 spiro atoms. The van der Waals surface area contributed by atoms with Gasteiger partial charge in [-0.25, -0.2) is 22.6 Å². The largest absolute Gasteiger partial charge is 0.481 e. The van der Waals surface area contributed by atoms with Gasteiger partial charge >= 0.3 is 6.09 Å². The number of rotatable bonds is 13. The Morgan fingerprint density at radius 3 is 2.33 bits per heavy atom. The number of hydrogen-bond donors (Lipinski definition) is 0. The maximum atomic E-state index is 15.8. The van der Waals surface area contributed by atoms with Gasteiger partial charge in [0.25, 0.3) is 0 Å². The van der Waals surface area contributed by atoms with Crippen LogP contribution in [0.2, 0.25) is 5.02 Å². The van der Waals surface area contributed by atoms with Gasteiger partial charge in [-0.05, 0) is 98.7 Å². The molecule has 3 aromatic carbocycles. The van der Waals surface area contributed by atoms with E-state index in [-0.39, 0.29) is 42.8 Å². The Balaban J connectivity index is 1.47. The highest BCUT2D eigenvalue weighted by Gasteiger charge is 2.43. The highest BCUT2D eigenvalue weighted by Crippen LogP contribution is 2.34. The summed E-state index contributed by atoms with van der Waals surface area (Å²) >= 11 is 6.18. The number of ketones is 1. The Morgan fingerprint density at radius 1 is 1.02 bits per heavy atom. The molecule has 1 fully saturated rings. The predicted molar refractivity (Wildman–Crippen MR) is 207 cm³/mol. The first-order valence-electron chi connectivity index (χ1n) is 17.8. The molecule has 1 saturated heterocycles. The van der Waals surface area contributed by atoms with Gasteiger partial charge in [-0.1, -0.05) is 65.2 Å². The van der Waals surface area contributed by atoms with Gasteiger partial charge in [0.15, 0.2) is 0 Å². The molecule has 0 bridgehead atoms. The Bertz CT molecular complexity index is 2130. The van der Waals surface area contributed by atoms with Crippen molar-refractivity contribution in [3.8, 4) is 5.88 Å². The fourth-order valence-corrected chi connectivity index (χ4v) is 8.93. The molecule has 0 radical (unpaired) electrons. The third-order valence-electron chi connectivity index (χ3n) is 9.37. The average Bonchev–Trinajstić information content (AvgIpc) is 3.14. The number of benzene rings is 3. The Kier molecular flexibility index (Phi) is 13.2. The maximum Gasteiger partial charge on any atom is 0.410 e. The van der Waals surface area contributed by atoms with Gasteiger partial charge in [0.1, 0.15) is 23.2 Å². The zero-order chi connectivity index (χ0) is 39.9. The second-order valence-corrected chi connectivity index (χ2v) is 16.7. The molecule has 0 saturated carbocycles. The number of sulfonamides is 1. The fourth-order valence-electron chi connectivity index (χ4n) is 6.96. The Labute approximate surface area is 325 Å². The summed E-state index contributed by atoms with van der Waals surface area (Å²) in [5.41, 5.74) is 10.7. The molecule has 4 aromatic rings. The number of pyridine rings is 1. The van der Waals surface area contributed by atoms with Gasteiger partial charge < -0.3 is 14.4 Å². The van der Waals surface area contributed by atoms with Crippen molar-refractivity contribution >= 4 is 33.5 Å². The highest BCUT2D eigenvalue weighted by molar-refractivity contribution is 7.89. The minimum Gasteiger partial charge on any atom is -0.481 e. The van der Waals surface area contributed by atoms with Gasteiger partial charge in [-0.3, -0.25) is 4.79 Å². The first-order valence-corrected chi connectivity index (χ1v) is 19.6. The first kappa shape index (κ1) is 41.2. The van der Waals surface area contributed by atoms with Crippen molar-refractivity contribution in [2.45, 2.75) is 81.5 Å². The number of amides is 1. The summed E-state index contributed by atoms with van der Waals surface area (Å²) in [7, 11) is -2.56. The monoisotopic (exact) mass is 790 g/mol. The van der Waals surface area contributed by atoms with Crippen molar-refractivity contribution in [1.29, 1.82) is 0 Å². The number of Topliss-reactive ketones (excluding diaryl/α,β-unsaturated/α-hetero) is 1. The van der Waals surface area contributed by atoms with E-state index in [1.165, 1.54) is 40.6 Å². The summed E-state index contributed by atoms with van der Waals surface area (Å²) in [6, 6.07) is 19.9. The third-order valence-corrected chi connectivity index (χ3v) is 11.7. The van der Waals surface area contributed by atoms with E-state index in [9.17, 15) is 23.5 Å². The predicted octanol–water partition coefficient (Wildman–Crippen LogP) is 8.14. The second-order valence-electron chi connectivity index (χ2n) is 14.4. The number of aromatic nitrogens is 1. The van der Waals surface area contributed by atoms with E-state index >= 15 is 4.39 Å². The number of ether oxygens (including phenoxy) is 2. The molecule has 12 nitrogen and oxygen atoms in total. The molecule has 4 atom stereocenters. The van der Waals surface area contributed by atoms with Crippen LogP contribution in [-0.4, -0.2) is 78.4 Å². The lowest BCUT2D eigenvalue weighted by Gasteiger charge is -2.44. The van der Waals surface area contributed by atoms with Crippen molar-refractivity contribution in [2.24, 2.45) is 5.11 Å². The van der Waals surface area contributed by atoms with Crippen LogP contribution in [0.3, 0.4) is 0 Å². The van der Waals surface area contributed by atoms with Gasteiger partial charge in [-0.2, -0.15) is 4.31 Å². The van der Waals surface area contributed by atoms with E-state index in [0.717, 1.165) is 0 Å². The summed E-state index contributed by atoms with van der Waals surface area (Å²) in [5, 5.41) is 4.43. The second kappa shape index (κ2) is 17.6. The Morgan fingerprint density at radius 2 is 1.71 bits per heavy atom. The number of halogens is 2. The molecule has 1 aliphatic rings. The summed E-state index contributed by atoms with van der Waals surface area (Å²) in [6.45, 7) is 7.08. The summed E-state index contributed by atoms with van der Waals surface area (Å²) < 4.78 is 56.3. The number of methoxy groups -OCH3 is 1. The zero-order valence-electron chi connectivity index (χ0n) is 31.3. The number of carbonyl (C=O) groups is 2. The van der Waals surface area contributed by atoms with E-state index in [1.807, 2.05) is 0 Å². The average molecular weight is 791 g/mol. The number of nitrogens with zero attached hydrogens (tertiary/aromatic N) is 6. The van der Waals surface area contributed by atoms with E-state index in [0.29, 0.717) is 27.6 Å². The maximum absolute atomic E-state index is 15.8. The van der Waals surface area contributed by atoms with Gasteiger partial charge in [0, 0.05) is 59.7 Å². The van der Waals surface area contributed by atoms with Crippen LogP contribution >= 0.6 is 11.6 Å². The zero-order valence-corrected chi connectivity index (χ0v) is 32.9. The fraction of sp³-hybridized carbons (Fsp3) is 0.375. The van der Waals surface area contributed by atoms with Crippen LogP contribution in [-0.2, 0) is 32.4 Å². The molecule has 290 valence electrons. The van der Waals surface area contributed by atoms with E-state index in [1.54, 1.807) is 94.6 Å². The van der Waals surface area contributed by atoms with Crippen molar-refractivity contribution in [3.63, 3.8) is 0 Å². The lowest BCUT2D eigenvalue weighted by atomic mass is 9.82. The quantitative estimate of drug-likeness (QED) is 0.0752. The van der Waals surface area contributed by atoms with Crippen molar-refractivity contribution in [1.82, 2.24) is 14.2 Å². The molecular formula is C40H44ClFN6O6S. The summed E-state index contributed by atoms with van der Waals surface area (Å²) in [4.78, 5) is 36.4. The minimum atomic E-state index is -4.04. The molecule has 0 unspecified atom stereocenters. The number of carbonyl (C=O) groups excluding carboxylic acids is 2. The number of hydrogen-bond acceptors (Lipinski definition) is 8. The SMILES string of the molecule is COc1ccc([C@H](c2ccc(Cl)cc2)[C@H](N=[N+]=[N-])C(=O)Cc2cccc(F)c2CC[C@H]2CN(C(=O)OC(C)(C)C)C[C@@H](C)N2S(=O)(=O)c2ccccc2)cn1. The molecule has 5 rings (SSSR count). The summed E-state index contributed by atoms with van der Waals surface area (Å²) in [5.74, 6) is -1.47. The molecule has 0 aliphatic carbocycles. The minimum absolute atomic E-state index is 0.00562. The summed E-state index contributed by atoms with van der Waals surface area (Å²) in [6.07, 6.45) is 0.819. The molecule has 1 aliphatic heterocycles. The van der Waals surface area contributed by atoms with Gasteiger partial charge in [-0.15, -0.1) is 0 Å². The van der Waals surface area contributed by atoms with Crippen LogP contribution < -0.4 is 4.74 Å². The molecule has 0 N–H and O–H groups in total. The van der Waals surface area contributed by atoms with Crippen LogP contribution in [0.15, 0.2) is 101 Å². The van der Waals surface area contributed by atoms with Crippen LogP contribution in [0.1, 0.15) is 62.3 Å². The Hall–Kier alpha value is -5.01. The van der Waals surface area contributed by atoms with E-state index in [4.69, 9.17) is 21.1 Å². The van der Waals surface area contributed by atoms with Crippen LogP contribution in [0, 0.1) is 5.82 Å². The third kappa shape index (κ3) is 10.0. The van der Waals surface area contributed by atoms with Gasteiger partial charge in [0.05, 0.1) is 12.0 Å². The molecule has 1 aromatic heterocycles. The van der Waals surface area contributed by atoms with Crippen LogP contribution in [0.4, 0.5) is 9.18 Å². The van der Waals surface area contributed by atoms with E-state index < -0.39 is 57.4 Å². The van der Waals surface area contributed by atoms with E-state index in [2.05, 4.69) is 15.0 Å². The van der Waals surface area contributed by atoms with Crippen molar-refractivity contribution in [2.75, 3.05) is 20.2 Å². The topological polar surface area (TPSA) is 155 Å². The van der Waals surface area contributed by atoms with Crippen LogP contribution in [0.25, 0.3) is 10.4 Å². The van der Waals surface area contributed by atoms with Crippen molar-refractivity contribution in [3.05, 3.63) is 135 Å².